The van der Waals surface area contributed by atoms with Gasteiger partial charge in [0, 0.05) is 43.4 Å². The molecule has 3 heterocycles. The maximum Gasteiger partial charge on any atom is 0.254 e. The highest BCUT2D eigenvalue weighted by Gasteiger charge is 2.33. The lowest BCUT2D eigenvalue weighted by Crippen LogP contribution is -2.51. The van der Waals surface area contributed by atoms with Gasteiger partial charge in [0.1, 0.15) is 0 Å². The number of nitrogens with zero attached hydrogens (tertiary/aromatic N) is 3. The Morgan fingerprint density at radius 3 is 2.92 bits per heavy atom. The molecule has 0 N–H and O–H groups in total. The number of sulfonamides is 1. The Kier molecular flexibility index (Phi) is 5.51. The molecular formula is C17H21N3O3S2. The molecule has 134 valence electrons. The van der Waals surface area contributed by atoms with E-state index in [1.54, 1.807) is 29.4 Å². The largest absolute Gasteiger partial charge is 0.337 e. The van der Waals surface area contributed by atoms with Gasteiger partial charge in [0.05, 0.1) is 11.8 Å². The van der Waals surface area contributed by atoms with E-state index in [1.165, 1.54) is 21.9 Å². The van der Waals surface area contributed by atoms with Crippen LogP contribution in [0.1, 0.15) is 28.8 Å². The molecule has 1 amide bonds. The highest BCUT2D eigenvalue weighted by Crippen LogP contribution is 2.22. The average Bonchev–Trinajstić information content (AvgIpc) is 3.14. The number of rotatable bonds is 5. The SMILES string of the molecule is CS(=O)(=O)N(Cc1cccnc1)C1CCCN(C(=O)c2ccsc2)C1. The Balaban J connectivity index is 1.77. The first-order valence-corrected chi connectivity index (χ1v) is 10.9. The zero-order valence-electron chi connectivity index (χ0n) is 14.0. The second-order valence-corrected chi connectivity index (χ2v) is 8.94. The molecule has 1 atom stereocenters. The molecule has 2 aromatic heterocycles. The number of hydrogen-bond acceptors (Lipinski definition) is 5. The third-order valence-electron chi connectivity index (χ3n) is 4.35. The van der Waals surface area contributed by atoms with Crippen LogP contribution in [0.5, 0.6) is 0 Å². The summed E-state index contributed by atoms with van der Waals surface area (Å²) in [6, 6.07) is 5.25. The predicted octanol–water partition coefficient (Wildman–Crippen LogP) is 2.21. The van der Waals surface area contributed by atoms with Gasteiger partial charge in [0.2, 0.25) is 10.0 Å². The standard InChI is InChI=1S/C17H21N3O3S2/c1-25(22,23)20(11-14-4-2-7-18-10-14)16-5-3-8-19(12-16)17(21)15-6-9-24-13-15/h2,4,6-7,9-10,13,16H,3,5,8,11-12H2,1H3. The molecule has 0 aliphatic carbocycles. The van der Waals surface area contributed by atoms with Crippen LogP contribution in [0.15, 0.2) is 41.4 Å². The Labute approximate surface area is 152 Å². The van der Waals surface area contributed by atoms with E-state index in [1.807, 2.05) is 16.8 Å². The Morgan fingerprint density at radius 1 is 1.44 bits per heavy atom. The summed E-state index contributed by atoms with van der Waals surface area (Å²) in [7, 11) is -3.40. The number of carbonyl (C=O) groups excluding carboxylic acids is 1. The van der Waals surface area contributed by atoms with E-state index in [4.69, 9.17) is 0 Å². The smallest absolute Gasteiger partial charge is 0.254 e. The van der Waals surface area contributed by atoms with Crippen molar-refractivity contribution in [1.82, 2.24) is 14.2 Å². The fraction of sp³-hybridized carbons (Fsp3) is 0.412. The van der Waals surface area contributed by atoms with Gasteiger partial charge in [0.15, 0.2) is 0 Å². The van der Waals surface area contributed by atoms with Crippen LogP contribution in [-0.4, -0.2) is 53.9 Å². The Bertz CT molecular complexity index is 807. The first kappa shape index (κ1) is 18.0. The van der Waals surface area contributed by atoms with Gasteiger partial charge in [-0.15, -0.1) is 0 Å². The molecule has 8 heteroatoms. The molecule has 0 spiro atoms. The summed E-state index contributed by atoms with van der Waals surface area (Å²) in [5, 5.41) is 3.70. The third-order valence-corrected chi connectivity index (χ3v) is 6.31. The van der Waals surface area contributed by atoms with Crippen molar-refractivity contribution in [2.24, 2.45) is 0 Å². The second kappa shape index (κ2) is 7.63. The monoisotopic (exact) mass is 379 g/mol. The lowest BCUT2D eigenvalue weighted by molar-refractivity contribution is 0.0651. The molecule has 0 bridgehead atoms. The molecule has 6 nitrogen and oxygen atoms in total. The lowest BCUT2D eigenvalue weighted by atomic mass is 10.0. The van der Waals surface area contributed by atoms with Crippen LogP contribution in [0.4, 0.5) is 0 Å². The van der Waals surface area contributed by atoms with E-state index in [-0.39, 0.29) is 18.5 Å². The van der Waals surface area contributed by atoms with E-state index in [2.05, 4.69) is 4.98 Å². The van der Waals surface area contributed by atoms with Crippen LogP contribution in [0.25, 0.3) is 0 Å². The molecule has 1 aliphatic heterocycles. The van der Waals surface area contributed by atoms with Crippen molar-refractivity contribution < 1.29 is 13.2 Å². The summed E-state index contributed by atoms with van der Waals surface area (Å²) in [6.45, 7) is 1.36. The van der Waals surface area contributed by atoms with Crippen LogP contribution in [0.2, 0.25) is 0 Å². The van der Waals surface area contributed by atoms with E-state index in [0.29, 0.717) is 18.7 Å². The quantitative estimate of drug-likeness (QED) is 0.799. The Hall–Kier alpha value is -1.77. The van der Waals surface area contributed by atoms with Crippen LogP contribution < -0.4 is 0 Å². The van der Waals surface area contributed by atoms with Gasteiger partial charge in [-0.3, -0.25) is 9.78 Å². The van der Waals surface area contributed by atoms with E-state index in [9.17, 15) is 13.2 Å². The van der Waals surface area contributed by atoms with Gasteiger partial charge >= 0.3 is 0 Å². The minimum atomic E-state index is -3.40. The van der Waals surface area contributed by atoms with Gasteiger partial charge in [-0.1, -0.05) is 6.07 Å². The Morgan fingerprint density at radius 2 is 2.28 bits per heavy atom. The van der Waals surface area contributed by atoms with E-state index < -0.39 is 10.0 Å². The molecule has 1 saturated heterocycles. The molecule has 2 aromatic rings. The highest BCUT2D eigenvalue weighted by atomic mass is 32.2. The maximum absolute atomic E-state index is 12.6. The number of hydrogen-bond donors (Lipinski definition) is 0. The predicted molar refractivity (Wildman–Crippen MR) is 97.9 cm³/mol. The van der Waals surface area contributed by atoms with Gasteiger partial charge in [-0.2, -0.15) is 15.6 Å². The number of pyridine rings is 1. The van der Waals surface area contributed by atoms with Gasteiger partial charge in [-0.25, -0.2) is 8.42 Å². The summed E-state index contributed by atoms with van der Waals surface area (Å²) >= 11 is 1.48. The first-order valence-electron chi connectivity index (χ1n) is 8.12. The summed E-state index contributed by atoms with van der Waals surface area (Å²) in [6.07, 6.45) is 6.11. The number of aromatic nitrogens is 1. The molecule has 1 unspecified atom stereocenters. The summed E-state index contributed by atoms with van der Waals surface area (Å²) in [5.41, 5.74) is 1.51. The van der Waals surface area contributed by atoms with Crippen molar-refractivity contribution in [1.29, 1.82) is 0 Å². The molecule has 25 heavy (non-hydrogen) atoms. The van der Waals surface area contributed by atoms with Crippen LogP contribution in [-0.2, 0) is 16.6 Å². The molecule has 1 aliphatic rings. The van der Waals surface area contributed by atoms with Crippen LogP contribution in [0, 0.1) is 0 Å². The topological polar surface area (TPSA) is 70.6 Å². The molecular weight excluding hydrogens is 358 g/mol. The van der Waals surface area contributed by atoms with Gasteiger partial charge in [0.25, 0.3) is 5.91 Å². The van der Waals surface area contributed by atoms with E-state index >= 15 is 0 Å². The van der Waals surface area contributed by atoms with E-state index in [0.717, 1.165) is 18.4 Å². The molecule has 0 saturated carbocycles. The van der Waals surface area contributed by atoms with Crippen molar-refractivity contribution in [2.45, 2.75) is 25.4 Å². The zero-order valence-corrected chi connectivity index (χ0v) is 15.7. The van der Waals surface area contributed by atoms with Crippen LogP contribution >= 0.6 is 11.3 Å². The van der Waals surface area contributed by atoms with Crippen molar-refractivity contribution in [2.75, 3.05) is 19.3 Å². The van der Waals surface area contributed by atoms with Gasteiger partial charge < -0.3 is 4.90 Å². The number of amides is 1. The number of thiophene rings is 1. The molecule has 1 fully saturated rings. The molecule has 3 rings (SSSR count). The minimum absolute atomic E-state index is 0.0271. The fourth-order valence-electron chi connectivity index (χ4n) is 3.13. The number of carbonyl (C=O) groups is 1. The summed E-state index contributed by atoms with van der Waals surface area (Å²) < 4.78 is 26.2. The number of piperidine rings is 1. The first-order chi connectivity index (χ1) is 11.9. The second-order valence-electron chi connectivity index (χ2n) is 6.23. The number of likely N-dealkylation sites (tertiary alicyclic amines) is 1. The van der Waals surface area contributed by atoms with Crippen molar-refractivity contribution in [3.8, 4) is 0 Å². The van der Waals surface area contributed by atoms with Crippen molar-refractivity contribution in [3.05, 3.63) is 52.5 Å². The normalized spacial score (nSPS) is 18.5. The summed E-state index contributed by atoms with van der Waals surface area (Å²) in [5.74, 6) is -0.0271. The zero-order chi connectivity index (χ0) is 17.9. The molecule has 0 radical (unpaired) electrons. The van der Waals surface area contributed by atoms with Gasteiger partial charge in [-0.05, 0) is 35.9 Å². The summed E-state index contributed by atoms with van der Waals surface area (Å²) in [4.78, 5) is 18.4. The van der Waals surface area contributed by atoms with Crippen molar-refractivity contribution >= 4 is 27.3 Å². The highest BCUT2D eigenvalue weighted by molar-refractivity contribution is 7.88. The third kappa shape index (κ3) is 4.45. The lowest BCUT2D eigenvalue weighted by Gasteiger charge is -2.38. The minimum Gasteiger partial charge on any atom is -0.337 e. The fourth-order valence-corrected chi connectivity index (χ4v) is 4.86. The average molecular weight is 380 g/mol. The van der Waals surface area contributed by atoms with Crippen molar-refractivity contribution in [3.63, 3.8) is 0 Å². The molecule has 0 aromatic carbocycles. The maximum atomic E-state index is 12.6. The van der Waals surface area contributed by atoms with Crippen LogP contribution in [0.3, 0.4) is 0 Å².